The van der Waals surface area contributed by atoms with Crippen LogP contribution in [0.5, 0.6) is 0 Å². The van der Waals surface area contributed by atoms with Crippen molar-refractivity contribution in [1.29, 1.82) is 0 Å². The molecule has 0 saturated heterocycles. The molecule has 12 rings (SSSR count). The van der Waals surface area contributed by atoms with Crippen LogP contribution in [0.25, 0.3) is 22.3 Å². The molecule has 0 heterocycles. The molecule has 0 atom stereocenters. The molecule has 0 radical (unpaired) electrons. The lowest BCUT2D eigenvalue weighted by Gasteiger charge is -2.34. The van der Waals surface area contributed by atoms with Crippen molar-refractivity contribution in [2.45, 2.75) is 47.0 Å². The van der Waals surface area contributed by atoms with Crippen LogP contribution < -0.4 is 14.7 Å². The van der Waals surface area contributed by atoms with Gasteiger partial charge in [0, 0.05) is 51.2 Å². The molecule has 2 aliphatic rings. The van der Waals surface area contributed by atoms with E-state index in [9.17, 15) is 0 Å². The molecule has 0 saturated carbocycles. The summed E-state index contributed by atoms with van der Waals surface area (Å²) in [5.74, 6) is 0. The second-order valence-electron chi connectivity index (χ2n) is 19.5. The van der Waals surface area contributed by atoms with Gasteiger partial charge in [-0.1, -0.05) is 149 Å². The molecule has 3 nitrogen and oxygen atoms in total. The number of benzene rings is 10. The van der Waals surface area contributed by atoms with Gasteiger partial charge in [-0.3, -0.25) is 0 Å². The standard InChI is InChI=1S/C67H55N3/c1-44-11-23-50(24-12-44)68(51-25-13-45(2)14-26-51)56-35-38-60-59-9-7-8-10-63(59)67(64(60)41-56)65-42-57(69(52-27-15-46(3)16-28-52)53-29-17-47(4)18-30-53)36-39-61(65)62-40-37-58(43-66(62)67)70(54-31-19-48(5)20-32-54)55-33-21-49(6)22-34-55/h7-43H,1-6H3. The molecule has 0 aromatic heterocycles. The summed E-state index contributed by atoms with van der Waals surface area (Å²) in [5.41, 5.74) is 26.9. The summed E-state index contributed by atoms with van der Waals surface area (Å²) in [6, 6.07) is 84.4. The van der Waals surface area contributed by atoms with Gasteiger partial charge in [-0.25, -0.2) is 0 Å². The molecule has 338 valence electrons. The molecular formula is C67H55N3. The lowest BCUT2D eigenvalue weighted by Crippen LogP contribution is -2.27. The van der Waals surface area contributed by atoms with E-state index in [0.29, 0.717) is 0 Å². The highest BCUT2D eigenvalue weighted by molar-refractivity contribution is 5.99. The number of fused-ring (bicyclic) bond motifs is 10. The number of nitrogens with zero attached hydrogens (tertiary/aromatic N) is 3. The predicted molar refractivity (Wildman–Crippen MR) is 295 cm³/mol. The van der Waals surface area contributed by atoms with Crippen LogP contribution in [-0.4, -0.2) is 0 Å². The van der Waals surface area contributed by atoms with Gasteiger partial charge in [-0.05, 0) is 195 Å². The fourth-order valence-electron chi connectivity index (χ4n) is 11.1. The third-order valence-electron chi connectivity index (χ3n) is 14.7. The smallest absolute Gasteiger partial charge is 0.0727 e. The lowest BCUT2D eigenvalue weighted by atomic mass is 9.70. The molecule has 0 N–H and O–H groups in total. The zero-order valence-electron chi connectivity index (χ0n) is 40.7. The van der Waals surface area contributed by atoms with Crippen molar-refractivity contribution in [2.24, 2.45) is 0 Å². The van der Waals surface area contributed by atoms with Crippen LogP contribution in [0.4, 0.5) is 51.2 Å². The Balaban J connectivity index is 1.15. The molecule has 0 bridgehead atoms. The van der Waals surface area contributed by atoms with Gasteiger partial charge in [-0.15, -0.1) is 0 Å². The van der Waals surface area contributed by atoms with Gasteiger partial charge in [0.2, 0.25) is 0 Å². The van der Waals surface area contributed by atoms with Gasteiger partial charge in [0.25, 0.3) is 0 Å². The highest BCUT2D eigenvalue weighted by atomic mass is 15.2. The van der Waals surface area contributed by atoms with Crippen LogP contribution in [0.3, 0.4) is 0 Å². The van der Waals surface area contributed by atoms with E-state index in [2.05, 4.69) is 281 Å². The van der Waals surface area contributed by atoms with Crippen LogP contribution in [0.1, 0.15) is 55.6 Å². The molecule has 1 spiro atoms. The number of hydrogen-bond donors (Lipinski definition) is 0. The monoisotopic (exact) mass is 901 g/mol. The Bertz CT molecular complexity index is 3140. The number of anilines is 9. The van der Waals surface area contributed by atoms with Gasteiger partial charge in [0.15, 0.2) is 0 Å². The van der Waals surface area contributed by atoms with Crippen LogP contribution in [-0.2, 0) is 5.41 Å². The molecule has 2 aliphatic carbocycles. The summed E-state index contributed by atoms with van der Waals surface area (Å²) in [6.45, 7) is 12.9. The topological polar surface area (TPSA) is 9.72 Å². The first-order chi connectivity index (χ1) is 34.1. The first-order valence-electron chi connectivity index (χ1n) is 24.5. The fourth-order valence-corrected chi connectivity index (χ4v) is 11.1. The van der Waals surface area contributed by atoms with Crippen molar-refractivity contribution < 1.29 is 0 Å². The Morgan fingerprint density at radius 1 is 0.214 bits per heavy atom. The van der Waals surface area contributed by atoms with Gasteiger partial charge < -0.3 is 14.7 Å². The van der Waals surface area contributed by atoms with E-state index in [-0.39, 0.29) is 0 Å². The van der Waals surface area contributed by atoms with Crippen molar-refractivity contribution >= 4 is 51.2 Å². The Kier molecular flexibility index (Phi) is 10.4. The maximum Gasteiger partial charge on any atom is 0.0727 e. The zero-order chi connectivity index (χ0) is 47.7. The SMILES string of the molecule is Cc1ccc(N(c2ccc(C)cc2)c2ccc3c(c2)C2(c4ccccc4-3)c3cc(N(c4ccc(C)cc4)c4ccc(C)cc4)ccc3-c3ccc(N(c4ccc(C)cc4)c4ccc(C)cc4)cc32)cc1. The number of rotatable bonds is 9. The van der Waals surface area contributed by atoms with Gasteiger partial charge in [0.05, 0.1) is 5.41 Å². The summed E-state index contributed by atoms with van der Waals surface area (Å²) < 4.78 is 0. The lowest BCUT2D eigenvalue weighted by molar-refractivity contribution is 0.793. The molecule has 3 heteroatoms. The first-order valence-corrected chi connectivity index (χ1v) is 24.5. The van der Waals surface area contributed by atoms with Gasteiger partial charge >= 0.3 is 0 Å². The molecule has 0 fully saturated rings. The number of aryl methyl sites for hydroxylation is 6. The highest BCUT2D eigenvalue weighted by Gasteiger charge is 2.52. The molecule has 0 amide bonds. The van der Waals surface area contributed by atoms with Crippen LogP contribution in [0.15, 0.2) is 224 Å². The quantitative estimate of drug-likeness (QED) is 0.143. The van der Waals surface area contributed by atoms with E-state index in [4.69, 9.17) is 0 Å². The molecular weight excluding hydrogens is 847 g/mol. The van der Waals surface area contributed by atoms with Crippen LogP contribution in [0, 0.1) is 41.5 Å². The largest absolute Gasteiger partial charge is 0.310 e. The maximum absolute atomic E-state index is 2.50. The first kappa shape index (κ1) is 42.9. The van der Waals surface area contributed by atoms with E-state index in [1.54, 1.807) is 0 Å². The van der Waals surface area contributed by atoms with Crippen molar-refractivity contribution in [3.8, 4) is 22.3 Å². The van der Waals surface area contributed by atoms with E-state index >= 15 is 0 Å². The Hall–Kier alpha value is -8.40. The summed E-state index contributed by atoms with van der Waals surface area (Å²) in [6.07, 6.45) is 0. The van der Waals surface area contributed by atoms with E-state index < -0.39 is 5.41 Å². The summed E-state index contributed by atoms with van der Waals surface area (Å²) in [7, 11) is 0. The van der Waals surface area contributed by atoms with Gasteiger partial charge in [0.1, 0.15) is 0 Å². The Morgan fingerprint density at radius 2 is 0.429 bits per heavy atom. The minimum absolute atomic E-state index is 0.677. The van der Waals surface area contributed by atoms with Crippen LogP contribution >= 0.6 is 0 Å². The average molecular weight is 902 g/mol. The van der Waals surface area contributed by atoms with E-state index in [1.807, 2.05) is 0 Å². The second-order valence-corrected chi connectivity index (χ2v) is 19.5. The average Bonchev–Trinajstić information content (AvgIpc) is 3.84. The highest BCUT2D eigenvalue weighted by Crippen LogP contribution is 2.65. The third-order valence-corrected chi connectivity index (χ3v) is 14.7. The van der Waals surface area contributed by atoms with Crippen molar-refractivity contribution in [1.82, 2.24) is 0 Å². The summed E-state index contributed by atoms with van der Waals surface area (Å²) >= 11 is 0. The van der Waals surface area contributed by atoms with Crippen molar-refractivity contribution in [3.05, 3.63) is 280 Å². The predicted octanol–water partition coefficient (Wildman–Crippen LogP) is 18.3. The van der Waals surface area contributed by atoms with E-state index in [1.165, 1.54) is 77.9 Å². The minimum Gasteiger partial charge on any atom is -0.310 e. The summed E-state index contributed by atoms with van der Waals surface area (Å²) in [4.78, 5) is 7.27. The molecule has 0 unspecified atom stereocenters. The fraction of sp³-hybridized carbons (Fsp3) is 0.104. The third kappa shape index (κ3) is 7.12. The van der Waals surface area contributed by atoms with Crippen LogP contribution in [0.2, 0.25) is 0 Å². The minimum atomic E-state index is -0.677. The van der Waals surface area contributed by atoms with E-state index in [0.717, 1.165) is 51.2 Å². The number of hydrogen-bond acceptors (Lipinski definition) is 3. The van der Waals surface area contributed by atoms with Crippen molar-refractivity contribution in [3.63, 3.8) is 0 Å². The maximum atomic E-state index is 2.50. The Morgan fingerprint density at radius 3 is 0.686 bits per heavy atom. The summed E-state index contributed by atoms with van der Waals surface area (Å²) in [5, 5.41) is 0. The Labute approximate surface area is 413 Å². The second kappa shape index (κ2) is 17.0. The normalized spacial score (nSPS) is 12.5. The molecule has 0 aliphatic heterocycles. The van der Waals surface area contributed by atoms with Gasteiger partial charge in [-0.2, -0.15) is 0 Å². The molecule has 10 aromatic rings. The molecule has 70 heavy (non-hydrogen) atoms. The van der Waals surface area contributed by atoms with Crippen molar-refractivity contribution in [2.75, 3.05) is 14.7 Å². The molecule has 10 aromatic carbocycles. The zero-order valence-corrected chi connectivity index (χ0v) is 40.7.